The molecule has 2 rings (SSSR count). The van der Waals surface area contributed by atoms with E-state index in [1.807, 2.05) is 0 Å². The van der Waals surface area contributed by atoms with Crippen molar-refractivity contribution in [2.24, 2.45) is 11.7 Å². The molecule has 3 unspecified atom stereocenters. The molecule has 2 nitrogen and oxygen atoms in total. The van der Waals surface area contributed by atoms with Crippen LogP contribution in [-0.2, 0) is 11.2 Å². The van der Waals surface area contributed by atoms with Crippen LogP contribution < -0.4 is 5.73 Å². The highest BCUT2D eigenvalue weighted by Crippen LogP contribution is 2.32. The summed E-state index contributed by atoms with van der Waals surface area (Å²) in [5.74, 6) is 0.531. The van der Waals surface area contributed by atoms with Crippen LogP contribution in [0.25, 0.3) is 0 Å². The summed E-state index contributed by atoms with van der Waals surface area (Å²) < 4.78 is 6.07. The van der Waals surface area contributed by atoms with E-state index in [1.165, 1.54) is 24.0 Å². The Hall–Kier alpha value is -0.860. The summed E-state index contributed by atoms with van der Waals surface area (Å²) in [4.78, 5) is 0. The Balaban J connectivity index is 1.95. The molecule has 1 aliphatic carbocycles. The monoisotopic (exact) mass is 247 g/mol. The Kier molecular flexibility index (Phi) is 4.79. The van der Waals surface area contributed by atoms with Crippen molar-refractivity contribution < 1.29 is 4.74 Å². The average Bonchev–Trinajstić information content (AvgIpc) is 2.43. The Morgan fingerprint density at radius 2 is 2.17 bits per heavy atom. The minimum Gasteiger partial charge on any atom is -0.372 e. The average molecular weight is 247 g/mol. The number of nitrogens with two attached hydrogens (primary N) is 1. The second-order valence-electron chi connectivity index (χ2n) is 5.46. The third-order valence-electron chi connectivity index (χ3n) is 4.18. The van der Waals surface area contributed by atoms with Gasteiger partial charge in [-0.25, -0.2) is 0 Å². The van der Waals surface area contributed by atoms with E-state index in [1.54, 1.807) is 0 Å². The van der Waals surface area contributed by atoms with E-state index in [2.05, 4.69) is 38.1 Å². The highest BCUT2D eigenvalue weighted by atomic mass is 16.5. The molecule has 3 atom stereocenters. The lowest BCUT2D eigenvalue weighted by Crippen LogP contribution is -2.33. The summed E-state index contributed by atoms with van der Waals surface area (Å²) in [5, 5.41) is 0. The molecule has 0 heterocycles. The van der Waals surface area contributed by atoms with Crippen molar-refractivity contribution in [2.75, 3.05) is 6.61 Å². The van der Waals surface area contributed by atoms with Crippen LogP contribution in [0.15, 0.2) is 24.3 Å². The Labute approximate surface area is 111 Å². The molecule has 2 heteroatoms. The first-order valence-corrected chi connectivity index (χ1v) is 7.17. The van der Waals surface area contributed by atoms with Gasteiger partial charge in [0.05, 0.1) is 12.7 Å². The predicted octanol–water partition coefficient (Wildman–Crippen LogP) is 3.45. The van der Waals surface area contributed by atoms with E-state index in [9.17, 15) is 0 Å². The zero-order chi connectivity index (χ0) is 13.0. The standard InChI is InChI=1S/C16H25NO/c1-3-12(2)15(17)11-18-16-10-6-8-13-7-4-5-9-14(13)16/h4-5,7,9,12,15-16H,3,6,8,10-11,17H2,1-2H3. The van der Waals surface area contributed by atoms with E-state index < -0.39 is 0 Å². The molecule has 0 amide bonds. The van der Waals surface area contributed by atoms with Crippen LogP contribution in [0.2, 0.25) is 0 Å². The molecular formula is C16H25NO. The quantitative estimate of drug-likeness (QED) is 0.865. The highest BCUT2D eigenvalue weighted by molar-refractivity contribution is 5.31. The number of hydrogen-bond donors (Lipinski definition) is 1. The molecule has 0 saturated carbocycles. The van der Waals surface area contributed by atoms with Gasteiger partial charge in [0.2, 0.25) is 0 Å². The number of fused-ring (bicyclic) bond motifs is 1. The smallest absolute Gasteiger partial charge is 0.0828 e. The van der Waals surface area contributed by atoms with Gasteiger partial charge in [-0.3, -0.25) is 0 Å². The number of ether oxygens (including phenoxy) is 1. The molecule has 0 spiro atoms. The molecule has 1 aromatic carbocycles. The van der Waals surface area contributed by atoms with Gasteiger partial charge in [0.15, 0.2) is 0 Å². The zero-order valence-electron chi connectivity index (χ0n) is 11.6. The lowest BCUT2D eigenvalue weighted by atomic mass is 9.89. The van der Waals surface area contributed by atoms with E-state index >= 15 is 0 Å². The molecule has 0 fully saturated rings. The van der Waals surface area contributed by atoms with Crippen LogP contribution >= 0.6 is 0 Å². The van der Waals surface area contributed by atoms with Gasteiger partial charge in [-0.2, -0.15) is 0 Å². The Morgan fingerprint density at radius 1 is 1.39 bits per heavy atom. The van der Waals surface area contributed by atoms with E-state index in [-0.39, 0.29) is 12.1 Å². The molecule has 18 heavy (non-hydrogen) atoms. The van der Waals surface area contributed by atoms with Crippen molar-refractivity contribution in [3.63, 3.8) is 0 Å². The number of benzene rings is 1. The predicted molar refractivity (Wildman–Crippen MR) is 75.5 cm³/mol. The van der Waals surface area contributed by atoms with E-state index in [4.69, 9.17) is 10.5 Å². The van der Waals surface area contributed by atoms with Gasteiger partial charge < -0.3 is 10.5 Å². The van der Waals surface area contributed by atoms with Crippen LogP contribution in [0.3, 0.4) is 0 Å². The summed E-state index contributed by atoms with van der Waals surface area (Å²) >= 11 is 0. The fourth-order valence-electron chi connectivity index (χ4n) is 2.58. The maximum atomic E-state index is 6.14. The van der Waals surface area contributed by atoms with Crippen molar-refractivity contribution in [3.05, 3.63) is 35.4 Å². The third-order valence-corrected chi connectivity index (χ3v) is 4.18. The number of aryl methyl sites for hydroxylation is 1. The first-order valence-electron chi connectivity index (χ1n) is 7.17. The molecule has 0 aromatic heterocycles. The molecule has 0 bridgehead atoms. The highest BCUT2D eigenvalue weighted by Gasteiger charge is 2.21. The zero-order valence-corrected chi connectivity index (χ0v) is 11.6. The topological polar surface area (TPSA) is 35.2 Å². The minimum atomic E-state index is 0.157. The van der Waals surface area contributed by atoms with Crippen LogP contribution in [0, 0.1) is 5.92 Å². The first-order chi connectivity index (χ1) is 8.72. The second-order valence-corrected chi connectivity index (χ2v) is 5.46. The summed E-state index contributed by atoms with van der Waals surface area (Å²) in [7, 11) is 0. The van der Waals surface area contributed by atoms with Crippen molar-refractivity contribution in [2.45, 2.75) is 51.7 Å². The fourth-order valence-corrected chi connectivity index (χ4v) is 2.58. The van der Waals surface area contributed by atoms with Crippen LogP contribution in [-0.4, -0.2) is 12.6 Å². The van der Waals surface area contributed by atoms with Gasteiger partial charge in [0.1, 0.15) is 0 Å². The van der Waals surface area contributed by atoms with Crippen LogP contribution in [0.5, 0.6) is 0 Å². The fraction of sp³-hybridized carbons (Fsp3) is 0.625. The summed E-state index contributed by atoms with van der Waals surface area (Å²) in [5.41, 5.74) is 8.96. The normalized spacial score (nSPS) is 22.3. The van der Waals surface area contributed by atoms with Crippen molar-refractivity contribution in [3.8, 4) is 0 Å². The number of rotatable bonds is 5. The van der Waals surface area contributed by atoms with Gasteiger partial charge in [-0.15, -0.1) is 0 Å². The van der Waals surface area contributed by atoms with Gasteiger partial charge in [0.25, 0.3) is 0 Å². The van der Waals surface area contributed by atoms with Crippen molar-refractivity contribution in [1.29, 1.82) is 0 Å². The van der Waals surface area contributed by atoms with Gasteiger partial charge in [-0.1, -0.05) is 44.5 Å². The SMILES string of the molecule is CCC(C)C(N)COC1CCCc2ccccc21. The van der Waals surface area contributed by atoms with Gasteiger partial charge in [-0.05, 0) is 36.3 Å². The first kappa shape index (κ1) is 13.6. The molecule has 2 N–H and O–H groups in total. The maximum absolute atomic E-state index is 6.14. The van der Waals surface area contributed by atoms with Crippen LogP contribution in [0.1, 0.15) is 50.3 Å². The molecule has 100 valence electrons. The summed E-state index contributed by atoms with van der Waals surface area (Å²) in [6.45, 7) is 5.05. The van der Waals surface area contributed by atoms with Gasteiger partial charge in [0, 0.05) is 6.04 Å². The molecule has 1 aliphatic rings. The third kappa shape index (κ3) is 3.12. The molecule has 0 saturated heterocycles. The lowest BCUT2D eigenvalue weighted by Gasteiger charge is -2.28. The number of hydrogen-bond acceptors (Lipinski definition) is 2. The summed E-state index contributed by atoms with van der Waals surface area (Å²) in [6, 6.07) is 8.80. The second kappa shape index (κ2) is 6.35. The molecule has 0 radical (unpaired) electrons. The molecule has 0 aliphatic heterocycles. The van der Waals surface area contributed by atoms with E-state index in [0.29, 0.717) is 12.5 Å². The largest absolute Gasteiger partial charge is 0.372 e. The van der Waals surface area contributed by atoms with Crippen LogP contribution in [0.4, 0.5) is 0 Å². The minimum absolute atomic E-state index is 0.157. The lowest BCUT2D eigenvalue weighted by molar-refractivity contribution is 0.0245. The Morgan fingerprint density at radius 3 is 2.94 bits per heavy atom. The van der Waals surface area contributed by atoms with Crippen molar-refractivity contribution >= 4 is 0 Å². The Bertz CT molecular complexity index is 377. The molecule has 1 aromatic rings. The van der Waals surface area contributed by atoms with E-state index in [0.717, 1.165) is 12.8 Å². The maximum Gasteiger partial charge on any atom is 0.0828 e. The summed E-state index contributed by atoms with van der Waals surface area (Å²) in [6.07, 6.45) is 4.91. The van der Waals surface area contributed by atoms with Gasteiger partial charge >= 0.3 is 0 Å². The van der Waals surface area contributed by atoms with Crippen molar-refractivity contribution in [1.82, 2.24) is 0 Å². The molecular weight excluding hydrogens is 222 g/mol.